The van der Waals surface area contributed by atoms with Gasteiger partial charge in [-0.05, 0) is 48.6 Å². The van der Waals surface area contributed by atoms with Crippen LogP contribution in [0.25, 0.3) is 0 Å². The molecule has 4 nitrogen and oxygen atoms in total. The number of halogens is 3. The predicted octanol–water partition coefficient (Wildman–Crippen LogP) is 6.75. The Kier molecular flexibility index (Phi) is 10.2. The number of hydrogen-bond acceptors (Lipinski definition) is 3. The fourth-order valence-electron chi connectivity index (χ4n) is 4.07. The van der Waals surface area contributed by atoms with Gasteiger partial charge >= 0.3 is 0 Å². The number of nitrogens with one attached hydrogen (secondary N) is 1. The third-order valence-corrected chi connectivity index (χ3v) is 7.81. The van der Waals surface area contributed by atoms with Crippen molar-refractivity contribution in [2.45, 2.75) is 63.4 Å². The maximum atomic E-state index is 13.4. The van der Waals surface area contributed by atoms with Crippen molar-refractivity contribution in [3.05, 3.63) is 68.7 Å². The van der Waals surface area contributed by atoms with Crippen molar-refractivity contribution in [3.8, 4) is 0 Å². The van der Waals surface area contributed by atoms with Crippen LogP contribution in [0.15, 0.2) is 42.5 Å². The molecule has 2 amide bonds. The molecule has 1 unspecified atom stereocenters. The summed E-state index contributed by atoms with van der Waals surface area (Å²) < 4.78 is 0. The minimum absolute atomic E-state index is 0.0875. The molecule has 1 fully saturated rings. The normalized spacial score (nSPS) is 14.8. The molecule has 3 rings (SSSR count). The summed E-state index contributed by atoms with van der Waals surface area (Å²) in [5, 5.41) is 4.90. The van der Waals surface area contributed by atoms with Crippen LogP contribution in [0.2, 0.25) is 15.1 Å². The van der Waals surface area contributed by atoms with Gasteiger partial charge in [0.2, 0.25) is 11.8 Å². The summed E-state index contributed by atoms with van der Waals surface area (Å²) in [6, 6.07) is 12.4. The van der Waals surface area contributed by atoms with Crippen LogP contribution in [0.1, 0.15) is 50.2 Å². The molecule has 1 N–H and O–H groups in total. The number of carbonyl (C=O) groups is 2. The number of thioether (sulfide) groups is 1. The Balaban J connectivity index is 1.72. The van der Waals surface area contributed by atoms with Gasteiger partial charge in [-0.1, -0.05) is 78.8 Å². The van der Waals surface area contributed by atoms with Crippen LogP contribution in [0, 0.1) is 0 Å². The van der Waals surface area contributed by atoms with Crippen LogP contribution in [-0.2, 0) is 21.9 Å². The van der Waals surface area contributed by atoms with E-state index < -0.39 is 6.04 Å². The largest absolute Gasteiger partial charge is 0.352 e. The minimum atomic E-state index is -0.547. The molecule has 1 saturated carbocycles. The Morgan fingerprint density at radius 1 is 1.06 bits per heavy atom. The first-order valence-electron chi connectivity index (χ1n) is 11.2. The maximum Gasteiger partial charge on any atom is 0.243 e. The summed E-state index contributed by atoms with van der Waals surface area (Å²) in [6.07, 6.45) is 4.79. The highest BCUT2D eigenvalue weighted by molar-refractivity contribution is 7.99. The smallest absolute Gasteiger partial charge is 0.243 e. The number of carbonyl (C=O) groups excluding carboxylic acids is 2. The topological polar surface area (TPSA) is 49.4 Å². The number of rotatable bonds is 10. The second-order valence-electron chi connectivity index (χ2n) is 8.26. The van der Waals surface area contributed by atoms with E-state index in [9.17, 15) is 9.59 Å². The lowest BCUT2D eigenvalue weighted by Crippen LogP contribution is -2.51. The van der Waals surface area contributed by atoms with E-state index in [4.69, 9.17) is 34.8 Å². The highest BCUT2D eigenvalue weighted by atomic mass is 35.5. The van der Waals surface area contributed by atoms with E-state index in [-0.39, 0.29) is 30.2 Å². The Morgan fingerprint density at radius 3 is 2.45 bits per heavy atom. The fourth-order valence-corrected chi connectivity index (χ4v) is 5.73. The molecule has 2 aromatic carbocycles. The van der Waals surface area contributed by atoms with Crippen molar-refractivity contribution in [1.29, 1.82) is 0 Å². The Morgan fingerprint density at radius 2 is 1.79 bits per heavy atom. The van der Waals surface area contributed by atoms with Gasteiger partial charge in [0.25, 0.3) is 0 Å². The first kappa shape index (κ1) is 26.2. The third-order valence-electron chi connectivity index (χ3n) is 5.88. The molecule has 0 heterocycles. The van der Waals surface area contributed by atoms with E-state index in [1.54, 1.807) is 23.1 Å². The van der Waals surface area contributed by atoms with Crippen molar-refractivity contribution in [2.24, 2.45) is 0 Å². The second kappa shape index (κ2) is 12.9. The van der Waals surface area contributed by atoms with Gasteiger partial charge in [0.05, 0.1) is 5.75 Å². The summed E-state index contributed by atoms with van der Waals surface area (Å²) in [7, 11) is 0. The number of benzene rings is 2. The van der Waals surface area contributed by atoms with Gasteiger partial charge in [-0.15, -0.1) is 11.8 Å². The Bertz CT molecular complexity index is 966. The summed E-state index contributed by atoms with van der Waals surface area (Å²) >= 11 is 20.1. The first-order chi connectivity index (χ1) is 15.9. The van der Waals surface area contributed by atoms with Gasteiger partial charge < -0.3 is 10.2 Å². The molecule has 1 aliphatic carbocycles. The molecule has 0 aromatic heterocycles. The van der Waals surface area contributed by atoms with Crippen LogP contribution >= 0.6 is 46.6 Å². The van der Waals surface area contributed by atoms with Gasteiger partial charge in [-0.2, -0.15) is 0 Å². The second-order valence-corrected chi connectivity index (χ2v) is 10.5. The van der Waals surface area contributed by atoms with Crippen LogP contribution in [0.4, 0.5) is 0 Å². The number of nitrogens with zero attached hydrogens (tertiary/aromatic N) is 1. The molecule has 0 spiro atoms. The molecule has 0 bridgehead atoms. The van der Waals surface area contributed by atoms with Crippen LogP contribution in [0.3, 0.4) is 0 Å². The number of amides is 2. The minimum Gasteiger partial charge on any atom is -0.352 e. The van der Waals surface area contributed by atoms with E-state index in [1.807, 2.05) is 31.2 Å². The highest BCUT2D eigenvalue weighted by Gasteiger charge is 2.30. The molecular formula is C25H29Cl3N2O2S. The van der Waals surface area contributed by atoms with Gasteiger partial charge in [0.15, 0.2) is 0 Å². The zero-order chi connectivity index (χ0) is 23.8. The SMILES string of the molecule is CCC(C(=O)NC1CCCC1)N(Cc1ccccc1Cl)C(=O)CSCc1ccc(Cl)cc1Cl. The van der Waals surface area contributed by atoms with Crippen molar-refractivity contribution in [3.63, 3.8) is 0 Å². The lowest BCUT2D eigenvalue weighted by molar-refractivity contribution is -0.139. The predicted molar refractivity (Wildman–Crippen MR) is 139 cm³/mol. The van der Waals surface area contributed by atoms with Crippen LogP contribution in [-0.4, -0.2) is 34.6 Å². The van der Waals surface area contributed by atoms with E-state index in [0.717, 1.165) is 36.8 Å². The van der Waals surface area contributed by atoms with E-state index in [2.05, 4.69) is 5.32 Å². The van der Waals surface area contributed by atoms with Crippen LogP contribution < -0.4 is 5.32 Å². The van der Waals surface area contributed by atoms with Crippen molar-refractivity contribution in [2.75, 3.05) is 5.75 Å². The summed E-state index contributed by atoms with van der Waals surface area (Å²) in [4.78, 5) is 28.2. The lowest BCUT2D eigenvalue weighted by Gasteiger charge is -2.31. The average Bonchev–Trinajstić information content (AvgIpc) is 3.29. The third kappa shape index (κ3) is 7.54. The first-order valence-corrected chi connectivity index (χ1v) is 13.5. The zero-order valence-corrected chi connectivity index (χ0v) is 21.7. The molecule has 33 heavy (non-hydrogen) atoms. The summed E-state index contributed by atoms with van der Waals surface area (Å²) in [6.45, 7) is 2.23. The van der Waals surface area contributed by atoms with Gasteiger partial charge in [-0.3, -0.25) is 9.59 Å². The molecule has 2 aromatic rings. The van der Waals surface area contributed by atoms with Crippen molar-refractivity contribution in [1.82, 2.24) is 10.2 Å². The molecule has 1 aliphatic rings. The lowest BCUT2D eigenvalue weighted by atomic mass is 10.1. The molecule has 8 heteroatoms. The Labute approximate surface area is 215 Å². The molecule has 1 atom stereocenters. The quantitative estimate of drug-likeness (QED) is 0.372. The van der Waals surface area contributed by atoms with E-state index >= 15 is 0 Å². The monoisotopic (exact) mass is 526 g/mol. The van der Waals surface area contributed by atoms with Crippen molar-refractivity contribution < 1.29 is 9.59 Å². The van der Waals surface area contributed by atoms with Gasteiger partial charge in [-0.25, -0.2) is 0 Å². The van der Waals surface area contributed by atoms with E-state index in [0.29, 0.717) is 27.2 Å². The van der Waals surface area contributed by atoms with E-state index in [1.165, 1.54) is 11.8 Å². The molecular weight excluding hydrogens is 499 g/mol. The summed E-state index contributed by atoms with van der Waals surface area (Å²) in [5.41, 5.74) is 1.74. The fraction of sp³-hybridized carbons (Fsp3) is 0.440. The standard InChI is InChI=1S/C25H29Cl3N2O2S/c1-2-23(25(32)29-20-8-4-5-9-20)30(14-17-7-3-6-10-21(17)27)24(31)16-33-15-18-11-12-19(26)13-22(18)28/h3,6-7,10-13,20,23H,2,4-5,8-9,14-16H2,1H3,(H,29,32). The van der Waals surface area contributed by atoms with Gasteiger partial charge in [0.1, 0.15) is 6.04 Å². The average molecular weight is 528 g/mol. The molecule has 178 valence electrons. The molecule has 0 aliphatic heterocycles. The van der Waals surface area contributed by atoms with Crippen molar-refractivity contribution >= 4 is 58.4 Å². The maximum absolute atomic E-state index is 13.4. The number of hydrogen-bond donors (Lipinski definition) is 1. The molecule has 0 radical (unpaired) electrons. The Hall–Kier alpha value is -1.40. The van der Waals surface area contributed by atoms with Gasteiger partial charge in [0, 0.05) is 33.4 Å². The highest BCUT2D eigenvalue weighted by Crippen LogP contribution is 2.26. The molecule has 0 saturated heterocycles. The zero-order valence-electron chi connectivity index (χ0n) is 18.7. The van der Waals surface area contributed by atoms with Crippen LogP contribution in [0.5, 0.6) is 0 Å². The summed E-state index contributed by atoms with van der Waals surface area (Å²) in [5.74, 6) is 0.623.